The number of nitrogens with one attached hydrogen (secondary N) is 1. The molecule has 3 heteroatoms. The van der Waals surface area contributed by atoms with Crippen molar-refractivity contribution < 1.29 is 4.79 Å². The van der Waals surface area contributed by atoms with Gasteiger partial charge in [-0.15, -0.1) is 0 Å². The third-order valence-electron chi connectivity index (χ3n) is 2.97. The minimum absolute atomic E-state index is 0.258. The second kappa shape index (κ2) is 7.26. The average Bonchev–Trinajstić information content (AvgIpc) is 2.99. The Morgan fingerprint density at radius 3 is 2.73 bits per heavy atom. The van der Waals surface area contributed by atoms with Crippen molar-refractivity contribution in [2.24, 2.45) is 11.8 Å². The second-order valence-electron chi connectivity index (χ2n) is 4.58. The Morgan fingerprint density at radius 1 is 1.47 bits per heavy atom. The van der Waals surface area contributed by atoms with Crippen LogP contribution in [0.25, 0.3) is 0 Å². The fraction of sp³-hybridized carbons (Fsp3) is 0.917. The van der Waals surface area contributed by atoms with Crippen LogP contribution in [0.15, 0.2) is 0 Å². The van der Waals surface area contributed by atoms with E-state index in [1.165, 1.54) is 25.7 Å². The SMILES string of the molecule is CCCC(CCBr)CNC(=O)CC1CC1. The number of alkyl halides is 1. The molecule has 88 valence electrons. The third-order valence-corrected chi connectivity index (χ3v) is 3.43. The fourth-order valence-corrected chi connectivity index (χ4v) is 2.47. The first kappa shape index (κ1) is 13.0. The van der Waals surface area contributed by atoms with E-state index in [0.29, 0.717) is 11.8 Å². The van der Waals surface area contributed by atoms with Gasteiger partial charge in [-0.05, 0) is 37.5 Å². The van der Waals surface area contributed by atoms with Crippen LogP contribution in [0.4, 0.5) is 0 Å². The zero-order valence-corrected chi connectivity index (χ0v) is 11.2. The quantitative estimate of drug-likeness (QED) is 0.678. The number of hydrogen-bond donors (Lipinski definition) is 1. The maximum Gasteiger partial charge on any atom is 0.220 e. The van der Waals surface area contributed by atoms with Crippen molar-refractivity contribution in [3.63, 3.8) is 0 Å². The summed E-state index contributed by atoms with van der Waals surface area (Å²) < 4.78 is 0. The fourth-order valence-electron chi connectivity index (χ4n) is 1.83. The lowest BCUT2D eigenvalue weighted by Gasteiger charge is -2.15. The molecule has 1 fully saturated rings. The summed E-state index contributed by atoms with van der Waals surface area (Å²) in [5.41, 5.74) is 0. The molecule has 2 nitrogen and oxygen atoms in total. The highest BCUT2D eigenvalue weighted by molar-refractivity contribution is 9.09. The summed E-state index contributed by atoms with van der Waals surface area (Å²) in [4.78, 5) is 11.5. The van der Waals surface area contributed by atoms with E-state index in [9.17, 15) is 4.79 Å². The Balaban J connectivity index is 2.10. The zero-order valence-electron chi connectivity index (χ0n) is 9.60. The molecule has 0 aromatic rings. The van der Waals surface area contributed by atoms with Crippen molar-refractivity contribution in [2.45, 2.75) is 45.4 Å². The molecule has 0 aromatic heterocycles. The number of amides is 1. The molecule has 1 unspecified atom stereocenters. The van der Waals surface area contributed by atoms with Crippen LogP contribution in [0.5, 0.6) is 0 Å². The Bertz CT molecular complexity index is 186. The molecule has 15 heavy (non-hydrogen) atoms. The molecule has 0 heterocycles. The normalized spacial score (nSPS) is 17.5. The van der Waals surface area contributed by atoms with Gasteiger partial charge in [0.2, 0.25) is 5.91 Å². The highest BCUT2D eigenvalue weighted by atomic mass is 79.9. The number of hydrogen-bond acceptors (Lipinski definition) is 1. The van der Waals surface area contributed by atoms with E-state index >= 15 is 0 Å². The minimum atomic E-state index is 0.258. The van der Waals surface area contributed by atoms with Crippen LogP contribution in [-0.4, -0.2) is 17.8 Å². The first-order valence-corrected chi connectivity index (χ1v) is 7.21. The minimum Gasteiger partial charge on any atom is -0.356 e. The molecule has 0 aliphatic heterocycles. The largest absolute Gasteiger partial charge is 0.356 e. The molecular formula is C12H22BrNO. The predicted octanol–water partition coefficient (Wildman–Crippen LogP) is 3.10. The van der Waals surface area contributed by atoms with Gasteiger partial charge in [0.05, 0.1) is 0 Å². The molecule has 0 spiro atoms. The molecule has 1 amide bonds. The monoisotopic (exact) mass is 275 g/mol. The van der Waals surface area contributed by atoms with E-state index in [-0.39, 0.29) is 5.91 Å². The smallest absolute Gasteiger partial charge is 0.220 e. The molecule has 1 aliphatic rings. The molecule has 0 radical (unpaired) electrons. The second-order valence-corrected chi connectivity index (χ2v) is 5.38. The van der Waals surface area contributed by atoms with Gasteiger partial charge in [0.1, 0.15) is 0 Å². The van der Waals surface area contributed by atoms with Crippen LogP contribution >= 0.6 is 15.9 Å². The molecule has 1 atom stereocenters. The topological polar surface area (TPSA) is 29.1 Å². The maximum absolute atomic E-state index is 11.5. The Labute approximate surface area is 101 Å². The number of carbonyl (C=O) groups is 1. The van der Waals surface area contributed by atoms with E-state index in [2.05, 4.69) is 28.2 Å². The molecule has 1 N–H and O–H groups in total. The third kappa shape index (κ3) is 6.18. The van der Waals surface area contributed by atoms with Gasteiger partial charge < -0.3 is 5.32 Å². The molecule has 1 rings (SSSR count). The lowest BCUT2D eigenvalue weighted by atomic mass is 10.0. The summed E-state index contributed by atoms with van der Waals surface area (Å²) in [5, 5.41) is 4.10. The summed E-state index contributed by atoms with van der Waals surface area (Å²) in [6.07, 6.45) is 6.86. The number of rotatable bonds is 8. The van der Waals surface area contributed by atoms with Gasteiger partial charge >= 0.3 is 0 Å². The van der Waals surface area contributed by atoms with Gasteiger partial charge in [0.25, 0.3) is 0 Å². The number of halogens is 1. The highest BCUT2D eigenvalue weighted by Crippen LogP contribution is 2.32. The maximum atomic E-state index is 11.5. The van der Waals surface area contributed by atoms with Crippen molar-refractivity contribution >= 4 is 21.8 Å². The van der Waals surface area contributed by atoms with Crippen molar-refractivity contribution in [3.8, 4) is 0 Å². The molecule has 1 aliphatic carbocycles. The van der Waals surface area contributed by atoms with Crippen LogP contribution in [0.1, 0.15) is 45.4 Å². The molecular weight excluding hydrogens is 254 g/mol. The first-order valence-electron chi connectivity index (χ1n) is 6.09. The van der Waals surface area contributed by atoms with Crippen LogP contribution < -0.4 is 5.32 Å². The summed E-state index contributed by atoms with van der Waals surface area (Å²) >= 11 is 3.46. The van der Waals surface area contributed by atoms with E-state index in [1.807, 2.05) is 0 Å². The van der Waals surface area contributed by atoms with Crippen molar-refractivity contribution in [2.75, 3.05) is 11.9 Å². The van der Waals surface area contributed by atoms with Gasteiger partial charge in [-0.25, -0.2) is 0 Å². The Hall–Kier alpha value is -0.0500. The van der Waals surface area contributed by atoms with Crippen LogP contribution in [0.2, 0.25) is 0 Å². The molecule has 0 aromatic carbocycles. The molecule has 1 saturated carbocycles. The first-order chi connectivity index (χ1) is 7.26. The van der Waals surface area contributed by atoms with Crippen LogP contribution in [0, 0.1) is 11.8 Å². The van der Waals surface area contributed by atoms with Crippen molar-refractivity contribution in [1.82, 2.24) is 5.32 Å². The lowest BCUT2D eigenvalue weighted by molar-refractivity contribution is -0.121. The van der Waals surface area contributed by atoms with E-state index in [4.69, 9.17) is 0 Å². The van der Waals surface area contributed by atoms with Gasteiger partial charge in [-0.1, -0.05) is 29.3 Å². The summed E-state index contributed by atoms with van der Waals surface area (Å²) in [5.74, 6) is 1.61. The highest BCUT2D eigenvalue weighted by Gasteiger charge is 2.24. The zero-order chi connectivity index (χ0) is 11.1. The van der Waals surface area contributed by atoms with Gasteiger partial charge in [-0.2, -0.15) is 0 Å². The summed E-state index contributed by atoms with van der Waals surface area (Å²) in [6, 6.07) is 0. The van der Waals surface area contributed by atoms with E-state index < -0.39 is 0 Å². The van der Waals surface area contributed by atoms with Crippen LogP contribution in [0.3, 0.4) is 0 Å². The van der Waals surface area contributed by atoms with E-state index in [0.717, 1.165) is 24.7 Å². The van der Waals surface area contributed by atoms with Crippen molar-refractivity contribution in [1.29, 1.82) is 0 Å². The number of carbonyl (C=O) groups excluding carboxylic acids is 1. The standard InChI is InChI=1S/C12H22BrNO/c1-2-3-11(6-7-13)9-14-12(15)8-10-4-5-10/h10-11H,2-9H2,1H3,(H,14,15). The van der Waals surface area contributed by atoms with Gasteiger partial charge in [-0.3, -0.25) is 4.79 Å². The van der Waals surface area contributed by atoms with Crippen molar-refractivity contribution in [3.05, 3.63) is 0 Å². The Morgan fingerprint density at radius 2 is 2.20 bits per heavy atom. The van der Waals surface area contributed by atoms with Crippen LogP contribution in [-0.2, 0) is 4.79 Å². The van der Waals surface area contributed by atoms with Gasteiger partial charge in [0, 0.05) is 18.3 Å². The lowest BCUT2D eigenvalue weighted by Crippen LogP contribution is -2.29. The summed E-state index contributed by atoms with van der Waals surface area (Å²) in [6.45, 7) is 3.07. The molecule has 0 bridgehead atoms. The van der Waals surface area contributed by atoms with E-state index in [1.54, 1.807) is 0 Å². The molecule has 0 saturated heterocycles. The predicted molar refractivity (Wildman–Crippen MR) is 67.2 cm³/mol. The Kier molecular flexibility index (Phi) is 6.30. The average molecular weight is 276 g/mol. The summed E-state index contributed by atoms with van der Waals surface area (Å²) in [7, 11) is 0. The van der Waals surface area contributed by atoms with Gasteiger partial charge in [0.15, 0.2) is 0 Å².